The molecule has 0 saturated carbocycles. The molecule has 1 atom stereocenters. The quantitative estimate of drug-likeness (QED) is 0.572. The fraction of sp³-hybridized carbons (Fsp3) is 0.273. The van der Waals surface area contributed by atoms with Crippen molar-refractivity contribution >= 4 is 17.9 Å². The van der Waals surface area contributed by atoms with Crippen molar-refractivity contribution in [1.29, 1.82) is 0 Å². The monoisotopic (exact) mass is 280 g/mol. The van der Waals surface area contributed by atoms with Gasteiger partial charge in [0.25, 0.3) is 0 Å². The van der Waals surface area contributed by atoms with Gasteiger partial charge in [-0.05, 0) is 17.5 Å². The molecule has 0 aliphatic carbocycles. The van der Waals surface area contributed by atoms with Crippen molar-refractivity contribution in [2.24, 2.45) is 0 Å². The molecule has 1 unspecified atom stereocenters. The third-order valence-corrected chi connectivity index (χ3v) is 2.83. The van der Waals surface area contributed by atoms with Gasteiger partial charge in [-0.1, -0.05) is 24.5 Å². The van der Waals surface area contributed by atoms with Crippen molar-refractivity contribution in [2.75, 3.05) is 0 Å². The molecule has 19 heavy (non-hydrogen) atoms. The SMILES string of the molecule is F[B-](F)(F)CC(n1ccc2ccccc21)C(F)(F)F. The normalized spacial score (nSPS) is 14.8. The van der Waals surface area contributed by atoms with Gasteiger partial charge < -0.3 is 17.5 Å². The molecule has 1 aromatic carbocycles. The predicted octanol–water partition coefficient (Wildman–Crippen LogP) is 4.59. The molecular weight excluding hydrogens is 271 g/mol. The fourth-order valence-electron chi connectivity index (χ4n) is 2.03. The number of benzene rings is 1. The van der Waals surface area contributed by atoms with Crippen molar-refractivity contribution in [3.05, 3.63) is 36.5 Å². The van der Waals surface area contributed by atoms with Crippen LogP contribution in [0.1, 0.15) is 6.04 Å². The van der Waals surface area contributed by atoms with Crippen LogP contribution >= 0.6 is 0 Å². The summed E-state index contributed by atoms with van der Waals surface area (Å²) in [6.07, 6.45) is -5.77. The third kappa shape index (κ3) is 3.05. The van der Waals surface area contributed by atoms with Crippen LogP contribution in [0.2, 0.25) is 6.32 Å². The Hall–Kier alpha value is -1.60. The molecule has 1 aromatic heterocycles. The second kappa shape index (κ2) is 4.50. The van der Waals surface area contributed by atoms with E-state index in [9.17, 15) is 26.1 Å². The van der Waals surface area contributed by atoms with E-state index in [0.29, 0.717) is 9.95 Å². The number of halogens is 6. The van der Waals surface area contributed by atoms with Crippen LogP contribution in [0.25, 0.3) is 10.9 Å². The molecule has 0 fully saturated rings. The lowest BCUT2D eigenvalue weighted by molar-refractivity contribution is -0.163. The second-order valence-corrected chi connectivity index (χ2v) is 4.29. The van der Waals surface area contributed by atoms with Gasteiger partial charge in [0.05, 0.1) is 0 Å². The molecule has 2 aromatic rings. The zero-order valence-electron chi connectivity index (χ0n) is 9.54. The van der Waals surface area contributed by atoms with Crippen LogP contribution in [0.5, 0.6) is 0 Å². The number of hydrogen-bond donors (Lipinski definition) is 0. The van der Waals surface area contributed by atoms with E-state index >= 15 is 0 Å². The highest BCUT2D eigenvalue weighted by molar-refractivity contribution is 6.58. The van der Waals surface area contributed by atoms with Crippen LogP contribution in [-0.2, 0) is 0 Å². The van der Waals surface area contributed by atoms with E-state index in [2.05, 4.69) is 0 Å². The number of para-hydroxylation sites is 1. The molecule has 1 nitrogen and oxygen atoms in total. The first-order valence-electron chi connectivity index (χ1n) is 5.52. The maximum atomic E-state index is 12.8. The summed E-state index contributed by atoms with van der Waals surface area (Å²) in [5, 5.41) is 0.478. The molecule has 0 aliphatic rings. The van der Waals surface area contributed by atoms with Gasteiger partial charge in [0.15, 0.2) is 0 Å². The Morgan fingerprint density at radius 2 is 1.68 bits per heavy atom. The fourth-order valence-corrected chi connectivity index (χ4v) is 2.03. The van der Waals surface area contributed by atoms with Crippen molar-refractivity contribution in [1.82, 2.24) is 4.57 Å². The van der Waals surface area contributed by atoms with Crippen molar-refractivity contribution in [3.63, 3.8) is 0 Å². The first kappa shape index (κ1) is 13.8. The van der Waals surface area contributed by atoms with Crippen LogP contribution in [-0.4, -0.2) is 17.7 Å². The summed E-state index contributed by atoms with van der Waals surface area (Å²) in [6, 6.07) is 4.83. The van der Waals surface area contributed by atoms with Crippen LogP contribution < -0.4 is 0 Å². The topological polar surface area (TPSA) is 4.93 Å². The average Bonchev–Trinajstić information content (AvgIpc) is 2.66. The lowest BCUT2D eigenvalue weighted by Crippen LogP contribution is -2.32. The summed E-state index contributed by atoms with van der Waals surface area (Å²) >= 11 is 0. The molecular formula is C11H9BF6N-. The van der Waals surface area contributed by atoms with Gasteiger partial charge in [-0.25, -0.2) is 0 Å². The standard InChI is InChI=1S/C11H9BF6N/c13-11(14,15)10(7-12(16,17)18)19-6-5-8-3-1-2-4-9(8)19/h1-6,10H,7H2/q-1. The Bertz CT molecular complexity index is 570. The van der Waals surface area contributed by atoms with Crippen molar-refractivity contribution in [3.8, 4) is 0 Å². The molecule has 2 rings (SSSR count). The van der Waals surface area contributed by atoms with Gasteiger partial charge >= 0.3 is 13.2 Å². The molecule has 0 amide bonds. The average molecular weight is 280 g/mol. The predicted molar refractivity (Wildman–Crippen MR) is 60.9 cm³/mol. The summed E-state index contributed by atoms with van der Waals surface area (Å²) in [6.45, 7) is -5.53. The number of nitrogens with zero attached hydrogens (tertiary/aromatic N) is 1. The minimum absolute atomic E-state index is 0.143. The Balaban J connectivity index is 2.49. The number of fused-ring (bicyclic) bond motifs is 1. The van der Waals surface area contributed by atoms with Crippen LogP contribution in [0, 0.1) is 0 Å². The molecule has 8 heteroatoms. The zero-order valence-corrected chi connectivity index (χ0v) is 9.54. The van der Waals surface area contributed by atoms with Crippen LogP contribution in [0.4, 0.5) is 26.1 Å². The third-order valence-electron chi connectivity index (χ3n) is 2.83. The molecule has 0 spiro atoms. The lowest BCUT2D eigenvalue weighted by atomic mass is 9.81. The van der Waals surface area contributed by atoms with Crippen LogP contribution in [0.3, 0.4) is 0 Å². The summed E-state index contributed by atoms with van der Waals surface area (Å²) in [4.78, 5) is 0. The number of aromatic nitrogens is 1. The minimum atomic E-state index is -5.53. The van der Waals surface area contributed by atoms with E-state index in [0.717, 1.165) is 6.20 Å². The van der Waals surface area contributed by atoms with Gasteiger partial charge in [0.1, 0.15) is 6.04 Å². The van der Waals surface area contributed by atoms with Gasteiger partial charge in [-0.3, -0.25) is 0 Å². The summed E-state index contributed by atoms with van der Waals surface area (Å²) < 4.78 is 76.3. The summed E-state index contributed by atoms with van der Waals surface area (Å²) in [5.74, 6) is 0. The van der Waals surface area contributed by atoms with E-state index in [1.54, 1.807) is 12.1 Å². The molecule has 0 aliphatic heterocycles. The van der Waals surface area contributed by atoms with E-state index in [4.69, 9.17) is 0 Å². The number of hydrogen-bond acceptors (Lipinski definition) is 0. The molecule has 0 bridgehead atoms. The summed E-state index contributed by atoms with van der Waals surface area (Å²) in [5.41, 5.74) is 0.143. The highest BCUT2D eigenvalue weighted by Crippen LogP contribution is 2.40. The van der Waals surface area contributed by atoms with E-state index in [1.165, 1.54) is 18.2 Å². The Morgan fingerprint density at radius 3 is 2.26 bits per heavy atom. The number of rotatable bonds is 3. The van der Waals surface area contributed by atoms with E-state index in [1.807, 2.05) is 0 Å². The first-order chi connectivity index (χ1) is 8.68. The maximum absolute atomic E-state index is 12.8. The van der Waals surface area contributed by atoms with Gasteiger partial charge in [-0.15, -0.1) is 0 Å². The highest BCUT2D eigenvalue weighted by atomic mass is 19.4. The van der Waals surface area contributed by atoms with Crippen molar-refractivity contribution < 1.29 is 26.1 Å². The van der Waals surface area contributed by atoms with E-state index < -0.39 is 25.5 Å². The minimum Gasteiger partial charge on any atom is -0.449 e. The zero-order chi connectivity index (χ0) is 14.3. The largest absolute Gasteiger partial charge is 0.480 e. The van der Waals surface area contributed by atoms with E-state index in [-0.39, 0.29) is 5.52 Å². The van der Waals surface area contributed by atoms with Crippen molar-refractivity contribution in [2.45, 2.75) is 18.5 Å². The Morgan fingerprint density at radius 1 is 1.05 bits per heavy atom. The highest BCUT2D eigenvalue weighted by Gasteiger charge is 2.45. The second-order valence-electron chi connectivity index (χ2n) is 4.29. The molecule has 0 N–H and O–H groups in total. The Kier molecular flexibility index (Phi) is 3.28. The molecule has 0 radical (unpaired) electrons. The Labute approximate surface area is 104 Å². The molecule has 1 heterocycles. The molecule has 0 saturated heterocycles. The van der Waals surface area contributed by atoms with Gasteiger partial charge in [0.2, 0.25) is 0 Å². The van der Waals surface area contributed by atoms with Gasteiger partial charge in [0, 0.05) is 11.7 Å². The summed E-state index contributed by atoms with van der Waals surface area (Å²) in [7, 11) is 0. The maximum Gasteiger partial charge on any atom is 0.480 e. The number of alkyl halides is 3. The van der Waals surface area contributed by atoms with Gasteiger partial charge in [-0.2, -0.15) is 13.2 Å². The molecule has 104 valence electrons. The first-order valence-corrected chi connectivity index (χ1v) is 5.52. The van der Waals surface area contributed by atoms with Crippen LogP contribution in [0.15, 0.2) is 36.5 Å². The lowest BCUT2D eigenvalue weighted by Gasteiger charge is -2.27. The smallest absolute Gasteiger partial charge is 0.449 e.